The van der Waals surface area contributed by atoms with E-state index in [1.54, 1.807) is 7.11 Å². The number of cyclic esters (lactones) is 1. The molecule has 3 aliphatic rings. The van der Waals surface area contributed by atoms with Crippen molar-refractivity contribution in [2.45, 2.75) is 44.3 Å². The zero-order valence-corrected chi connectivity index (χ0v) is 15.8. The first-order valence-corrected chi connectivity index (χ1v) is 9.80. The third-order valence-corrected chi connectivity index (χ3v) is 6.23. The average Bonchev–Trinajstić information content (AvgIpc) is 2.99. The van der Waals surface area contributed by atoms with Gasteiger partial charge in [0.25, 0.3) is 0 Å². The first-order valence-electron chi connectivity index (χ1n) is 9.80. The molecule has 3 fully saturated rings. The molecule has 1 spiro atoms. The molecule has 8 heteroatoms. The van der Waals surface area contributed by atoms with Gasteiger partial charge in [-0.2, -0.15) is 0 Å². The minimum absolute atomic E-state index is 0.0292. The Morgan fingerprint density at radius 1 is 1.26 bits per heavy atom. The molecule has 4 heterocycles. The Bertz CT molecular complexity index is 669. The number of nitrogens with zero attached hydrogens (tertiary/aromatic N) is 4. The topological polar surface area (TPSA) is 88.0 Å². The third-order valence-electron chi connectivity index (χ3n) is 6.23. The van der Waals surface area contributed by atoms with Crippen molar-refractivity contribution in [1.82, 2.24) is 14.9 Å². The number of hydrogen-bond donors (Lipinski definition) is 1. The van der Waals surface area contributed by atoms with Crippen LogP contribution in [0.5, 0.6) is 5.88 Å². The maximum Gasteiger partial charge on any atom is 0.312 e. The second kappa shape index (κ2) is 7.59. The Balaban J connectivity index is 1.34. The lowest BCUT2D eigenvalue weighted by Crippen LogP contribution is -2.43. The van der Waals surface area contributed by atoms with E-state index in [0.717, 1.165) is 70.6 Å². The van der Waals surface area contributed by atoms with Crippen molar-refractivity contribution in [1.29, 1.82) is 0 Å². The van der Waals surface area contributed by atoms with Gasteiger partial charge in [0.1, 0.15) is 18.2 Å². The first-order chi connectivity index (χ1) is 13.1. The number of carbonyl (C=O) groups is 1. The molecule has 0 amide bonds. The fraction of sp³-hybridized carbons (Fsp3) is 0.737. The molecule has 1 aromatic heterocycles. The van der Waals surface area contributed by atoms with Gasteiger partial charge in [0.05, 0.1) is 18.6 Å². The number of methoxy groups -OCH3 is 1. The largest absolute Gasteiger partial charge is 0.481 e. The number of esters is 1. The van der Waals surface area contributed by atoms with E-state index in [-0.39, 0.29) is 23.6 Å². The van der Waals surface area contributed by atoms with Crippen molar-refractivity contribution in [3.8, 4) is 5.88 Å². The number of likely N-dealkylation sites (tertiary alicyclic amines) is 1. The maximum atomic E-state index is 12.7. The lowest BCUT2D eigenvalue weighted by Gasteiger charge is -2.37. The highest BCUT2D eigenvalue weighted by molar-refractivity contribution is 5.79. The Kier molecular flexibility index (Phi) is 5.19. The molecule has 0 radical (unpaired) electrons. The standard InChI is InChI=1S/C19H28N4O4/c1-26-17-10-16(20-13-21-17)23-8-4-19(5-9-23)11-15(27-18(19)25)12-22-6-2-14(24)3-7-22/h10,13-15,24H,2-9,11-12H2,1H3. The number of aliphatic hydroxyl groups excluding tert-OH is 1. The summed E-state index contributed by atoms with van der Waals surface area (Å²) in [6, 6.07) is 1.83. The molecule has 4 rings (SSSR count). The van der Waals surface area contributed by atoms with Gasteiger partial charge < -0.3 is 19.5 Å². The Morgan fingerprint density at radius 2 is 2.00 bits per heavy atom. The van der Waals surface area contributed by atoms with E-state index in [2.05, 4.69) is 19.8 Å². The van der Waals surface area contributed by atoms with Gasteiger partial charge in [0.15, 0.2) is 0 Å². The molecule has 148 valence electrons. The molecule has 3 saturated heterocycles. The summed E-state index contributed by atoms with van der Waals surface area (Å²) in [7, 11) is 1.59. The zero-order valence-electron chi connectivity index (χ0n) is 15.8. The van der Waals surface area contributed by atoms with Crippen LogP contribution in [0.1, 0.15) is 32.1 Å². The van der Waals surface area contributed by atoms with Crippen LogP contribution in [-0.2, 0) is 9.53 Å². The minimum atomic E-state index is -0.354. The van der Waals surface area contributed by atoms with Crippen LogP contribution in [0, 0.1) is 5.41 Å². The Hall–Kier alpha value is -1.93. The third kappa shape index (κ3) is 3.87. The summed E-state index contributed by atoms with van der Waals surface area (Å²) >= 11 is 0. The lowest BCUT2D eigenvalue weighted by molar-refractivity contribution is -0.150. The highest BCUT2D eigenvalue weighted by atomic mass is 16.6. The molecule has 3 aliphatic heterocycles. The molecule has 0 aromatic carbocycles. The summed E-state index contributed by atoms with van der Waals surface area (Å²) in [6.07, 6.45) is 5.29. The SMILES string of the molecule is COc1cc(N2CCC3(CC2)CC(CN2CCC(O)CC2)OC3=O)ncn1. The number of rotatable bonds is 4. The quantitative estimate of drug-likeness (QED) is 0.774. The summed E-state index contributed by atoms with van der Waals surface area (Å²) in [5, 5.41) is 9.65. The molecule has 0 bridgehead atoms. The van der Waals surface area contributed by atoms with Gasteiger partial charge in [-0.1, -0.05) is 0 Å². The number of anilines is 1. The fourth-order valence-corrected chi connectivity index (χ4v) is 4.52. The second-order valence-electron chi connectivity index (χ2n) is 7.95. The van der Waals surface area contributed by atoms with Crippen LogP contribution < -0.4 is 9.64 Å². The van der Waals surface area contributed by atoms with Crippen LogP contribution in [-0.4, -0.2) is 78.0 Å². The van der Waals surface area contributed by atoms with E-state index in [1.165, 1.54) is 6.33 Å². The molecule has 27 heavy (non-hydrogen) atoms. The van der Waals surface area contributed by atoms with Crippen molar-refractivity contribution in [3.05, 3.63) is 12.4 Å². The predicted octanol–water partition coefficient (Wildman–Crippen LogP) is 0.844. The van der Waals surface area contributed by atoms with E-state index >= 15 is 0 Å². The summed E-state index contributed by atoms with van der Waals surface area (Å²) in [4.78, 5) is 25.5. The van der Waals surface area contributed by atoms with Gasteiger partial charge in [-0.15, -0.1) is 0 Å². The van der Waals surface area contributed by atoms with Gasteiger partial charge in [-0.25, -0.2) is 9.97 Å². The van der Waals surface area contributed by atoms with Crippen LogP contribution in [0.25, 0.3) is 0 Å². The molecule has 1 unspecified atom stereocenters. The second-order valence-corrected chi connectivity index (χ2v) is 7.95. The molecule has 1 N–H and O–H groups in total. The highest BCUT2D eigenvalue weighted by Crippen LogP contribution is 2.44. The average molecular weight is 376 g/mol. The maximum absolute atomic E-state index is 12.7. The van der Waals surface area contributed by atoms with E-state index in [0.29, 0.717) is 5.88 Å². The van der Waals surface area contributed by atoms with Crippen molar-refractivity contribution in [2.24, 2.45) is 5.41 Å². The van der Waals surface area contributed by atoms with Crippen molar-refractivity contribution < 1.29 is 19.4 Å². The number of aliphatic hydroxyl groups is 1. The number of piperidine rings is 2. The number of hydrogen-bond acceptors (Lipinski definition) is 8. The van der Waals surface area contributed by atoms with Crippen LogP contribution in [0.3, 0.4) is 0 Å². The molecule has 1 aromatic rings. The van der Waals surface area contributed by atoms with E-state index in [9.17, 15) is 9.90 Å². The lowest BCUT2D eigenvalue weighted by atomic mass is 9.76. The molecule has 0 aliphatic carbocycles. The van der Waals surface area contributed by atoms with Gasteiger partial charge in [-0.3, -0.25) is 9.69 Å². The van der Waals surface area contributed by atoms with Crippen LogP contribution in [0.4, 0.5) is 5.82 Å². The van der Waals surface area contributed by atoms with Crippen molar-refractivity contribution in [2.75, 3.05) is 44.7 Å². The van der Waals surface area contributed by atoms with Gasteiger partial charge >= 0.3 is 5.97 Å². The first kappa shape index (κ1) is 18.4. The van der Waals surface area contributed by atoms with Crippen LogP contribution in [0.2, 0.25) is 0 Å². The van der Waals surface area contributed by atoms with Gasteiger partial charge in [0, 0.05) is 45.2 Å². The minimum Gasteiger partial charge on any atom is -0.481 e. The number of aromatic nitrogens is 2. The molecule has 1 atom stereocenters. The zero-order chi connectivity index (χ0) is 18.9. The summed E-state index contributed by atoms with van der Waals surface area (Å²) in [6.45, 7) is 4.10. The molecule has 0 saturated carbocycles. The van der Waals surface area contributed by atoms with Crippen molar-refractivity contribution in [3.63, 3.8) is 0 Å². The smallest absolute Gasteiger partial charge is 0.312 e. The molecular weight excluding hydrogens is 348 g/mol. The van der Waals surface area contributed by atoms with E-state index in [4.69, 9.17) is 9.47 Å². The molecule has 8 nitrogen and oxygen atoms in total. The van der Waals surface area contributed by atoms with Crippen LogP contribution >= 0.6 is 0 Å². The summed E-state index contributed by atoms with van der Waals surface area (Å²) in [5.41, 5.74) is -0.354. The van der Waals surface area contributed by atoms with Gasteiger partial charge in [-0.05, 0) is 25.7 Å². The summed E-state index contributed by atoms with van der Waals surface area (Å²) in [5.74, 6) is 1.35. The number of ether oxygens (including phenoxy) is 2. The predicted molar refractivity (Wildman–Crippen MR) is 98.6 cm³/mol. The highest BCUT2D eigenvalue weighted by Gasteiger charge is 2.50. The van der Waals surface area contributed by atoms with Crippen LogP contribution in [0.15, 0.2) is 12.4 Å². The Labute approximate surface area is 159 Å². The van der Waals surface area contributed by atoms with E-state index < -0.39 is 0 Å². The van der Waals surface area contributed by atoms with Gasteiger partial charge in [0.2, 0.25) is 5.88 Å². The molecular formula is C19H28N4O4. The Morgan fingerprint density at radius 3 is 2.70 bits per heavy atom. The van der Waals surface area contributed by atoms with Crippen molar-refractivity contribution >= 4 is 11.8 Å². The summed E-state index contributed by atoms with van der Waals surface area (Å²) < 4.78 is 10.9. The monoisotopic (exact) mass is 376 g/mol. The normalized spacial score (nSPS) is 26.4. The number of carbonyl (C=O) groups excluding carboxylic acids is 1. The van der Waals surface area contributed by atoms with E-state index in [1.807, 2.05) is 6.07 Å². The fourth-order valence-electron chi connectivity index (χ4n) is 4.52.